The zero-order valence-corrected chi connectivity index (χ0v) is 10.7. The van der Waals surface area contributed by atoms with E-state index in [1.165, 1.54) is 0 Å². The van der Waals surface area contributed by atoms with Gasteiger partial charge in [-0.15, -0.1) is 4.98 Å². The molecule has 0 bridgehead atoms. The van der Waals surface area contributed by atoms with Gasteiger partial charge in [0.05, 0.1) is 18.2 Å². The summed E-state index contributed by atoms with van der Waals surface area (Å²) in [4.78, 5) is 11.8. The average molecular weight is 272 g/mol. The van der Waals surface area contributed by atoms with E-state index in [-0.39, 0.29) is 18.0 Å². The lowest BCUT2D eigenvalue weighted by Crippen LogP contribution is -2.12. The molecule has 0 aliphatic carbocycles. The molecule has 3 N–H and O–H groups in total. The summed E-state index contributed by atoms with van der Waals surface area (Å²) in [5.41, 5.74) is 2.77. The van der Waals surface area contributed by atoms with Gasteiger partial charge in [-0.1, -0.05) is 6.07 Å². The third-order valence-corrected chi connectivity index (χ3v) is 2.17. The quantitative estimate of drug-likeness (QED) is 0.616. The number of hydrogen-bond donors (Lipinski definition) is 2. The molecule has 0 atom stereocenters. The normalized spacial score (nSPS) is 9.65. The van der Waals surface area contributed by atoms with Gasteiger partial charge in [-0.25, -0.2) is 5.84 Å². The highest BCUT2D eigenvalue weighted by Gasteiger charge is 2.09. The number of benzene rings is 1. The fraction of sp³-hybridized carbons (Fsp3) is 0.167. The topological polar surface area (TPSA) is 119 Å². The van der Waals surface area contributed by atoms with Gasteiger partial charge in [-0.2, -0.15) is 15.2 Å². The second-order valence-corrected chi connectivity index (χ2v) is 3.54. The van der Waals surface area contributed by atoms with Crippen molar-refractivity contribution in [1.82, 2.24) is 15.0 Å². The summed E-state index contributed by atoms with van der Waals surface area (Å²) in [6.45, 7) is 2.20. The molecule has 1 aromatic heterocycles. The van der Waals surface area contributed by atoms with Gasteiger partial charge in [0.2, 0.25) is 5.95 Å². The number of ether oxygens (including phenoxy) is 2. The number of rotatable bonds is 5. The van der Waals surface area contributed by atoms with E-state index in [0.717, 1.165) is 0 Å². The zero-order chi connectivity index (χ0) is 14.4. The molecule has 0 saturated carbocycles. The van der Waals surface area contributed by atoms with Crippen LogP contribution >= 0.6 is 0 Å². The number of anilines is 1. The van der Waals surface area contributed by atoms with E-state index in [2.05, 4.69) is 20.4 Å². The van der Waals surface area contributed by atoms with Crippen molar-refractivity contribution >= 4 is 5.95 Å². The highest BCUT2D eigenvalue weighted by atomic mass is 16.5. The fourth-order valence-electron chi connectivity index (χ4n) is 1.38. The third-order valence-electron chi connectivity index (χ3n) is 2.17. The van der Waals surface area contributed by atoms with Crippen LogP contribution in [0.1, 0.15) is 12.5 Å². The van der Waals surface area contributed by atoms with E-state index in [1.807, 2.05) is 6.07 Å². The van der Waals surface area contributed by atoms with Crippen molar-refractivity contribution in [2.75, 3.05) is 12.0 Å². The molecule has 0 fully saturated rings. The van der Waals surface area contributed by atoms with Crippen LogP contribution in [0.15, 0.2) is 24.3 Å². The van der Waals surface area contributed by atoms with Crippen LogP contribution < -0.4 is 20.7 Å². The Morgan fingerprint density at radius 3 is 2.80 bits per heavy atom. The molecule has 0 radical (unpaired) electrons. The molecule has 8 nitrogen and oxygen atoms in total. The summed E-state index contributed by atoms with van der Waals surface area (Å²) in [6, 6.07) is 8.75. The van der Waals surface area contributed by atoms with Gasteiger partial charge in [-0.05, 0) is 25.1 Å². The maximum Gasteiger partial charge on any atom is 0.330 e. The first-order valence-corrected chi connectivity index (χ1v) is 5.78. The first kappa shape index (κ1) is 13.5. The van der Waals surface area contributed by atoms with Gasteiger partial charge in [0.25, 0.3) is 0 Å². The number of aromatic nitrogens is 3. The predicted octanol–water partition coefficient (Wildman–Crippen LogP) is 1.22. The summed E-state index contributed by atoms with van der Waals surface area (Å²) < 4.78 is 10.6. The van der Waals surface area contributed by atoms with Crippen LogP contribution in [0.25, 0.3) is 0 Å². The molecule has 2 rings (SSSR count). The number of nitrogens with two attached hydrogens (primary N) is 1. The molecule has 0 aliphatic rings. The zero-order valence-electron chi connectivity index (χ0n) is 10.7. The van der Waals surface area contributed by atoms with Crippen molar-refractivity contribution in [2.24, 2.45) is 5.84 Å². The molecular weight excluding hydrogens is 260 g/mol. The Balaban J connectivity index is 2.27. The molecule has 8 heteroatoms. The van der Waals surface area contributed by atoms with Crippen LogP contribution in [0.5, 0.6) is 17.8 Å². The summed E-state index contributed by atoms with van der Waals surface area (Å²) >= 11 is 0. The van der Waals surface area contributed by atoms with Crippen LogP contribution in [-0.2, 0) is 0 Å². The maximum absolute atomic E-state index is 8.83. The van der Waals surface area contributed by atoms with Gasteiger partial charge in [0, 0.05) is 0 Å². The van der Waals surface area contributed by atoms with Crippen molar-refractivity contribution in [3.05, 3.63) is 29.8 Å². The van der Waals surface area contributed by atoms with Crippen molar-refractivity contribution in [1.29, 1.82) is 5.26 Å². The van der Waals surface area contributed by atoms with Crippen molar-refractivity contribution in [3.63, 3.8) is 0 Å². The fourth-order valence-corrected chi connectivity index (χ4v) is 1.38. The van der Waals surface area contributed by atoms with Gasteiger partial charge < -0.3 is 9.47 Å². The first-order chi connectivity index (χ1) is 9.75. The second-order valence-electron chi connectivity index (χ2n) is 3.54. The van der Waals surface area contributed by atoms with E-state index >= 15 is 0 Å². The van der Waals surface area contributed by atoms with E-state index in [9.17, 15) is 0 Å². The van der Waals surface area contributed by atoms with E-state index < -0.39 is 0 Å². The summed E-state index contributed by atoms with van der Waals surface area (Å²) in [5, 5.41) is 8.83. The number of nitriles is 1. The van der Waals surface area contributed by atoms with E-state index in [0.29, 0.717) is 17.9 Å². The maximum atomic E-state index is 8.83. The Kier molecular flexibility index (Phi) is 4.26. The smallest absolute Gasteiger partial charge is 0.330 e. The lowest BCUT2D eigenvalue weighted by Gasteiger charge is -2.07. The van der Waals surface area contributed by atoms with Gasteiger partial charge in [0.1, 0.15) is 5.75 Å². The van der Waals surface area contributed by atoms with Crippen LogP contribution in [0, 0.1) is 11.3 Å². The molecule has 0 saturated heterocycles. The summed E-state index contributed by atoms with van der Waals surface area (Å²) in [6.07, 6.45) is 0. The molecule has 0 spiro atoms. The minimum Gasteiger partial charge on any atom is -0.464 e. The monoisotopic (exact) mass is 272 g/mol. The lowest BCUT2D eigenvalue weighted by molar-refractivity contribution is 0.304. The molecule has 0 unspecified atom stereocenters. The summed E-state index contributed by atoms with van der Waals surface area (Å²) in [5.74, 6) is 5.82. The second kappa shape index (κ2) is 6.31. The Morgan fingerprint density at radius 1 is 1.30 bits per heavy atom. The third kappa shape index (κ3) is 3.30. The first-order valence-electron chi connectivity index (χ1n) is 5.78. The van der Waals surface area contributed by atoms with Crippen LogP contribution in [0.4, 0.5) is 5.95 Å². The highest BCUT2D eigenvalue weighted by Crippen LogP contribution is 2.21. The predicted molar refractivity (Wildman–Crippen MR) is 70.0 cm³/mol. The van der Waals surface area contributed by atoms with E-state index in [4.69, 9.17) is 20.6 Å². The molecule has 20 heavy (non-hydrogen) atoms. The number of hydrazine groups is 1. The van der Waals surface area contributed by atoms with Crippen molar-refractivity contribution in [2.45, 2.75) is 6.92 Å². The number of nitrogen functional groups attached to an aromatic ring is 1. The SMILES string of the molecule is CCOc1nc(NN)nc(Oc2cccc(C#N)c2)n1. The molecule has 2 aromatic rings. The minimum atomic E-state index is 0.0199. The minimum absolute atomic E-state index is 0.0199. The Labute approximate surface area is 115 Å². The molecule has 1 aromatic carbocycles. The number of hydrogen-bond acceptors (Lipinski definition) is 8. The van der Waals surface area contributed by atoms with Crippen LogP contribution in [0.2, 0.25) is 0 Å². The summed E-state index contributed by atoms with van der Waals surface area (Å²) in [7, 11) is 0. The van der Waals surface area contributed by atoms with Crippen LogP contribution in [0.3, 0.4) is 0 Å². The highest BCUT2D eigenvalue weighted by molar-refractivity contribution is 5.37. The van der Waals surface area contributed by atoms with Gasteiger partial charge >= 0.3 is 12.0 Å². The van der Waals surface area contributed by atoms with Gasteiger partial charge in [-0.3, -0.25) is 5.43 Å². The average Bonchev–Trinajstić information content (AvgIpc) is 2.47. The van der Waals surface area contributed by atoms with E-state index in [1.54, 1.807) is 31.2 Å². The molecule has 0 amide bonds. The Bertz CT molecular complexity index is 640. The molecule has 1 heterocycles. The van der Waals surface area contributed by atoms with Crippen LogP contribution in [-0.4, -0.2) is 21.6 Å². The largest absolute Gasteiger partial charge is 0.464 e. The number of nitrogens with zero attached hydrogens (tertiary/aromatic N) is 4. The molecule has 0 aliphatic heterocycles. The number of nitrogens with one attached hydrogen (secondary N) is 1. The van der Waals surface area contributed by atoms with Crippen molar-refractivity contribution < 1.29 is 9.47 Å². The Hall–Kier alpha value is -2.92. The lowest BCUT2D eigenvalue weighted by atomic mass is 10.2. The van der Waals surface area contributed by atoms with Gasteiger partial charge in [0.15, 0.2) is 0 Å². The Morgan fingerprint density at radius 2 is 2.10 bits per heavy atom. The molecular formula is C12H12N6O2. The van der Waals surface area contributed by atoms with Crippen molar-refractivity contribution in [3.8, 4) is 23.8 Å². The molecule has 102 valence electrons. The standard InChI is InChI=1S/C12H12N6O2/c1-2-19-11-15-10(18-14)16-12(17-11)20-9-5-3-4-8(6-9)7-13/h3-6H,2,14H2,1H3,(H,15,16,17,18).